The second-order valence-electron chi connectivity index (χ2n) is 8.76. The van der Waals surface area contributed by atoms with Crippen molar-refractivity contribution in [3.63, 3.8) is 0 Å². The molecule has 4 N–H and O–H groups in total. The van der Waals surface area contributed by atoms with Gasteiger partial charge in [0.1, 0.15) is 11.7 Å². The van der Waals surface area contributed by atoms with Crippen molar-refractivity contribution in [2.45, 2.75) is 56.1 Å². The van der Waals surface area contributed by atoms with Gasteiger partial charge >= 0.3 is 0 Å². The molecule has 5 rings (SSSR count). The normalized spacial score (nSPS) is 36.6. The number of aliphatic hydroxyl groups is 2. The molecule has 5 heterocycles. The summed E-state index contributed by atoms with van der Waals surface area (Å²) < 4.78 is 17.1. The Labute approximate surface area is 185 Å². The zero-order chi connectivity index (χ0) is 23.2. The smallest absolute Gasteiger partial charge is 0.280 e. The highest BCUT2D eigenvalue weighted by atomic mass is 16.8. The van der Waals surface area contributed by atoms with Gasteiger partial charge < -0.3 is 35.1 Å². The molecule has 2 bridgehead atoms. The van der Waals surface area contributed by atoms with Crippen molar-refractivity contribution in [3.05, 3.63) is 47.8 Å². The molecule has 172 valence electrons. The van der Waals surface area contributed by atoms with Gasteiger partial charge in [-0.2, -0.15) is 0 Å². The van der Waals surface area contributed by atoms with E-state index in [1.807, 2.05) is 6.07 Å². The molecule has 1 aromatic rings. The SMILES string of the molecule is CC1(C)OC[C@@](C)([C@H](O)[C@@]23NC(=O)[C@@](O)(NC2=O)/C(=C/C=C/c2ccccn2)CCO3)O1. The van der Waals surface area contributed by atoms with E-state index in [-0.39, 0.29) is 25.2 Å². The minimum absolute atomic E-state index is 0.0246. The highest BCUT2D eigenvalue weighted by Crippen LogP contribution is 2.40. The van der Waals surface area contributed by atoms with Crippen molar-refractivity contribution in [1.82, 2.24) is 15.6 Å². The summed E-state index contributed by atoms with van der Waals surface area (Å²) >= 11 is 0. The van der Waals surface area contributed by atoms with Gasteiger partial charge in [-0.15, -0.1) is 0 Å². The Kier molecular flexibility index (Phi) is 5.46. The van der Waals surface area contributed by atoms with Crippen LogP contribution in [0.1, 0.15) is 32.9 Å². The van der Waals surface area contributed by atoms with Crippen LogP contribution in [0.4, 0.5) is 0 Å². The van der Waals surface area contributed by atoms with E-state index in [2.05, 4.69) is 15.6 Å². The molecule has 2 amide bonds. The average Bonchev–Trinajstić information content (AvgIpc) is 3.03. The average molecular weight is 445 g/mol. The third-order valence-electron chi connectivity index (χ3n) is 5.83. The number of aliphatic hydroxyl groups excluding tert-OH is 1. The summed E-state index contributed by atoms with van der Waals surface area (Å²) in [7, 11) is 0. The first-order valence-corrected chi connectivity index (χ1v) is 10.3. The number of piperazine rings is 1. The molecule has 10 nitrogen and oxygen atoms in total. The topological polar surface area (TPSA) is 139 Å². The number of carbonyl (C=O) groups is 2. The van der Waals surface area contributed by atoms with Crippen molar-refractivity contribution >= 4 is 17.9 Å². The van der Waals surface area contributed by atoms with Crippen LogP contribution in [-0.4, -0.2) is 69.2 Å². The van der Waals surface area contributed by atoms with Gasteiger partial charge in [-0.3, -0.25) is 14.6 Å². The van der Waals surface area contributed by atoms with E-state index in [1.165, 1.54) is 6.08 Å². The highest BCUT2D eigenvalue weighted by molar-refractivity contribution is 6.03. The number of rotatable bonds is 4. The maximum Gasteiger partial charge on any atom is 0.280 e. The molecule has 0 aliphatic carbocycles. The van der Waals surface area contributed by atoms with Crippen LogP contribution >= 0.6 is 0 Å². The number of nitrogens with one attached hydrogen (secondary N) is 2. The van der Waals surface area contributed by atoms with Gasteiger partial charge in [0, 0.05) is 6.20 Å². The zero-order valence-corrected chi connectivity index (χ0v) is 18.1. The Morgan fingerprint density at radius 3 is 2.59 bits per heavy atom. The third-order valence-corrected chi connectivity index (χ3v) is 5.83. The first kappa shape index (κ1) is 22.6. The van der Waals surface area contributed by atoms with Crippen LogP contribution in [0, 0.1) is 0 Å². The molecular formula is C22H27N3O7. The quantitative estimate of drug-likeness (QED) is 0.507. The number of aromatic nitrogens is 1. The molecule has 1 aromatic heterocycles. The monoisotopic (exact) mass is 445 g/mol. The lowest BCUT2D eigenvalue weighted by molar-refractivity contribution is -0.240. The van der Waals surface area contributed by atoms with Gasteiger partial charge in [0.25, 0.3) is 17.5 Å². The van der Waals surface area contributed by atoms with Crippen LogP contribution in [0.25, 0.3) is 6.08 Å². The second kappa shape index (κ2) is 7.75. The number of carbonyl (C=O) groups excluding carboxylic acids is 2. The summed E-state index contributed by atoms with van der Waals surface area (Å²) in [6.07, 6.45) is 5.02. The van der Waals surface area contributed by atoms with Crippen molar-refractivity contribution in [1.29, 1.82) is 0 Å². The van der Waals surface area contributed by atoms with Gasteiger partial charge in [-0.1, -0.05) is 18.2 Å². The second-order valence-corrected chi connectivity index (χ2v) is 8.76. The molecule has 4 saturated heterocycles. The molecule has 32 heavy (non-hydrogen) atoms. The van der Waals surface area contributed by atoms with Crippen LogP contribution in [0.3, 0.4) is 0 Å². The Morgan fingerprint density at radius 2 is 1.94 bits per heavy atom. The van der Waals surface area contributed by atoms with Crippen LogP contribution in [0.5, 0.6) is 0 Å². The number of allylic oxidation sites excluding steroid dienone is 2. The summed E-state index contributed by atoms with van der Waals surface area (Å²) in [5.41, 5.74) is -4.85. The Bertz CT molecular complexity index is 979. The number of amides is 2. The minimum atomic E-state index is -2.29. The first-order valence-electron chi connectivity index (χ1n) is 10.3. The van der Waals surface area contributed by atoms with E-state index in [4.69, 9.17) is 14.2 Å². The molecule has 4 aliphatic heterocycles. The largest absolute Gasteiger partial charge is 0.384 e. The molecule has 0 aromatic carbocycles. The fraction of sp³-hybridized carbons (Fsp3) is 0.500. The van der Waals surface area contributed by atoms with Gasteiger partial charge in [0.05, 0.1) is 18.9 Å². The van der Waals surface area contributed by atoms with Gasteiger partial charge in [-0.05, 0) is 51.0 Å². The van der Waals surface area contributed by atoms with Crippen LogP contribution in [0.2, 0.25) is 0 Å². The van der Waals surface area contributed by atoms with Gasteiger partial charge in [-0.25, -0.2) is 0 Å². The third kappa shape index (κ3) is 3.74. The summed E-state index contributed by atoms with van der Waals surface area (Å²) in [6.45, 7) is 4.85. The predicted octanol–water partition coefficient (Wildman–Crippen LogP) is -0.0251. The predicted molar refractivity (Wildman–Crippen MR) is 111 cm³/mol. The molecule has 4 atom stereocenters. The standard InChI is InChI=1S/C22H27N3O7/c1-19(2)31-13-20(3,32-19)16(26)22-18(28)24-21(29,17(27)25-22)14(10-12-30-22)7-6-9-15-8-4-5-11-23-15/h4-9,11,16,26,29H,10,12-13H2,1-3H3,(H,24,28)(H,25,27)/b9-6+,14-7+/t16-,20-,21+,22-/m0/s1. The Morgan fingerprint density at radius 1 is 1.16 bits per heavy atom. The summed E-state index contributed by atoms with van der Waals surface area (Å²) in [5.74, 6) is -2.80. The van der Waals surface area contributed by atoms with Crippen molar-refractivity contribution < 1.29 is 34.0 Å². The van der Waals surface area contributed by atoms with E-state index in [9.17, 15) is 19.8 Å². The molecule has 0 spiro atoms. The van der Waals surface area contributed by atoms with Gasteiger partial charge in [0.2, 0.25) is 5.72 Å². The van der Waals surface area contributed by atoms with Crippen LogP contribution in [0.15, 0.2) is 42.1 Å². The van der Waals surface area contributed by atoms with E-state index >= 15 is 0 Å². The maximum atomic E-state index is 13.1. The number of fused-ring (bicyclic) bond motifs is 5. The van der Waals surface area contributed by atoms with E-state index in [0.29, 0.717) is 5.69 Å². The molecular weight excluding hydrogens is 418 g/mol. The maximum absolute atomic E-state index is 13.1. The Hall–Kier alpha value is -2.63. The summed E-state index contributed by atoms with van der Waals surface area (Å²) in [5, 5.41) is 27.0. The Balaban J connectivity index is 1.61. The number of pyridine rings is 1. The van der Waals surface area contributed by atoms with E-state index < -0.39 is 40.8 Å². The molecule has 0 saturated carbocycles. The lowest BCUT2D eigenvalue weighted by atomic mass is 9.84. The number of hydrogen-bond donors (Lipinski definition) is 4. The highest BCUT2D eigenvalue weighted by Gasteiger charge is 2.65. The van der Waals surface area contributed by atoms with Gasteiger partial charge in [0.15, 0.2) is 5.79 Å². The molecule has 4 aliphatic rings. The molecule has 0 unspecified atom stereocenters. The minimum Gasteiger partial charge on any atom is -0.384 e. The fourth-order valence-electron chi connectivity index (χ4n) is 4.18. The number of ether oxygens (including phenoxy) is 3. The fourth-order valence-corrected chi connectivity index (χ4v) is 4.18. The van der Waals surface area contributed by atoms with Crippen LogP contribution < -0.4 is 10.6 Å². The molecule has 10 heteroatoms. The van der Waals surface area contributed by atoms with Crippen LogP contribution in [-0.2, 0) is 23.8 Å². The van der Waals surface area contributed by atoms with E-state index in [1.54, 1.807) is 51.3 Å². The molecule has 4 fully saturated rings. The lowest BCUT2D eigenvalue weighted by Crippen LogP contribution is -2.82. The summed E-state index contributed by atoms with van der Waals surface area (Å²) in [4.78, 5) is 30.3. The summed E-state index contributed by atoms with van der Waals surface area (Å²) in [6, 6.07) is 5.42. The number of hydrogen-bond acceptors (Lipinski definition) is 8. The first-order chi connectivity index (χ1) is 15.0. The number of nitrogens with zero attached hydrogens (tertiary/aromatic N) is 1. The van der Waals surface area contributed by atoms with E-state index in [0.717, 1.165) is 0 Å². The van der Waals surface area contributed by atoms with Crippen molar-refractivity contribution in [2.75, 3.05) is 13.2 Å². The zero-order valence-electron chi connectivity index (χ0n) is 18.1. The lowest BCUT2D eigenvalue weighted by Gasteiger charge is -2.50. The molecule has 0 radical (unpaired) electrons. The van der Waals surface area contributed by atoms with Crippen molar-refractivity contribution in [3.8, 4) is 0 Å². The van der Waals surface area contributed by atoms with Crippen molar-refractivity contribution in [2.24, 2.45) is 0 Å².